The van der Waals surface area contributed by atoms with E-state index in [1.807, 2.05) is 48.5 Å². The van der Waals surface area contributed by atoms with Gasteiger partial charge in [-0.1, -0.05) is 38.1 Å². The number of benzene rings is 2. The molecule has 0 aliphatic rings. The van der Waals surface area contributed by atoms with Crippen LogP contribution in [0.25, 0.3) is 0 Å². The van der Waals surface area contributed by atoms with Crippen molar-refractivity contribution >= 4 is 8.25 Å². The SMILES string of the molecule is CCc1ccc(O[PH](=O)Oc2ccc(CC)cc2)cc1. The fourth-order valence-electron chi connectivity index (χ4n) is 1.80. The van der Waals surface area contributed by atoms with Crippen LogP contribution in [0.3, 0.4) is 0 Å². The van der Waals surface area contributed by atoms with E-state index in [2.05, 4.69) is 13.8 Å². The van der Waals surface area contributed by atoms with E-state index in [0.717, 1.165) is 12.8 Å². The van der Waals surface area contributed by atoms with Crippen molar-refractivity contribution in [2.45, 2.75) is 26.7 Å². The van der Waals surface area contributed by atoms with Crippen LogP contribution >= 0.6 is 8.25 Å². The zero-order valence-corrected chi connectivity index (χ0v) is 12.8. The first kappa shape index (κ1) is 14.7. The molecule has 0 aliphatic carbocycles. The molecule has 0 bridgehead atoms. The maximum absolute atomic E-state index is 11.8. The largest absolute Gasteiger partial charge is 0.418 e. The maximum atomic E-state index is 11.8. The summed E-state index contributed by atoms with van der Waals surface area (Å²) in [5.41, 5.74) is 2.43. The minimum atomic E-state index is -2.58. The summed E-state index contributed by atoms with van der Waals surface area (Å²) in [7, 11) is -2.58. The third-order valence-corrected chi connectivity index (χ3v) is 3.87. The van der Waals surface area contributed by atoms with Crippen LogP contribution in [0, 0.1) is 0 Å². The summed E-state index contributed by atoms with van der Waals surface area (Å²) in [6.07, 6.45) is 1.94. The summed E-state index contributed by atoms with van der Waals surface area (Å²) in [4.78, 5) is 0. The van der Waals surface area contributed by atoms with Crippen molar-refractivity contribution in [3.8, 4) is 11.5 Å². The molecule has 20 heavy (non-hydrogen) atoms. The Kier molecular flexibility index (Phi) is 5.25. The Labute approximate surface area is 120 Å². The van der Waals surface area contributed by atoms with Crippen LogP contribution < -0.4 is 9.05 Å². The van der Waals surface area contributed by atoms with E-state index in [1.165, 1.54) is 11.1 Å². The van der Waals surface area contributed by atoms with Crippen LogP contribution in [-0.4, -0.2) is 0 Å². The molecule has 0 unspecified atom stereocenters. The average Bonchev–Trinajstić information content (AvgIpc) is 2.49. The summed E-state index contributed by atoms with van der Waals surface area (Å²) >= 11 is 0. The van der Waals surface area contributed by atoms with Gasteiger partial charge in [-0.2, -0.15) is 0 Å². The van der Waals surface area contributed by atoms with Crippen molar-refractivity contribution in [3.63, 3.8) is 0 Å². The van der Waals surface area contributed by atoms with E-state index in [0.29, 0.717) is 11.5 Å². The zero-order valence-electron chi connectivity index (χ0n) is 11.8. The number of hydrogen-bond donors (Lipinski definition) is 0. The van der Waals surface area contributed by atoms with E-state index < -0.39 is 8.25 Å². The first-order valence-corrected chi connectivity index (χ1v) is 8.01. The minimum absolute atomic E-state index is 0.566. The summed E-state index contributed by atoms with van der Waals surface area (Å²) < 4.78 is 22.4. The van der Waals surface area contributed by atoms with Crippen molar-refractivity contribution in [2.24, 2.45) is 0 Å². The van der Waals surface area contributed by atoms with Crippen LogP contribution in [0.2, 0.25) is 0 Å². The molecule has 3 nitrogen and oxygen atoms in total. The molecule has 0 amide bonds. The first-order valence-electron chi connectivity index (χ1n) is 6.78. The predicted molar refractivity (Wildman–Crippen MR) is 81.9 cm³/mol. The molecule has 0 radical (unpaired) electrons. The molecule has 0 aromatic heterocycles. The first-order chi connectivity index (χ1) is 9.71. The molecular formula is C16H19O3P. The zero-order chi connectivity index (χ0) is 14.4. The Hall–Kier alpha value is -1.73. The van der Waals surface area contributed by atoms with Gasteiger partial charge in [-0.3, -0.25) is 0 Å². The van der Waals surface area contributed by atoms with Gasteiger partial charge in [-0.05, 0) is 48.2 Å². The Balaban J connectivity index is 1.93. The van der Waals surface area contributed by atoms with Crippen molar-refractivity contribution in [3.05, 3.63) is 59.7 Å². The number of hydrogen-bond acceptors (Lipinski definition) is 3. The van der Waals surface area contributed by atoms with Crippen molar-refractivity contribution in [1.82, 2.24) is 0 Å². The fraction of sp³-hybridized carbons (Fsp3) is 0.250. The van der Waals surface area contributed by atoms with Crippen molar-refractivity contribution < 1.29 is 13.6 Å². The van der Waals surface area contributed by atoms with Crippen molar-refractivity contribution in [1.29, 1.82) is 0 Å². The van der Waals surface area contributed by atoms with Gasteiger partial charge in [0.1, 0.15) is 11.5 Å². The van der Waals surface area contributed by atoms with Gasteiger partial charge in [0.2, 0.25) is 0 Å². The van der Waals surface area contributed by atoms with Crippen LogP contribution in [0.4, 0.5) is 0 Å². The van der Waals surface area contributed by atoms with Gasteiger partial charge >= 0.3 is 8.25 Å². The van der Waals surface area contributed by atoms with Gasteiger partial charge in [-0.15, -0.1) is 0 Å². The molecule has 0 atom stereocenters. The molecule has 0 fully saturated rings. The third kappa shape index (κ3) is 4.14. The van der Waals surface area contributed by atoms with E-state index in [-0.39, 0.29) is 0 Å². The smallest absolute Gasteiger partial charge is 0.418 e. The quantitative estimate of drug-likeness (QED) is 0.726. The van der Waals surface area contributed by atoms with E-state index in [9.17, 15) is 4.57 Å². The lowest BCUT2D eigenvalue weighted by Gasteiger charge is -2.08. The molecule has 0 aliphatic heterocycles. The van der Waals surface area contributed by atoms with E-state index >= 15 is 0 Å². The Morgan fingerprint density at radius 2 is 1.10 bits per heavy atom. The highest BCUT2D eigenvalue weighted by Gasteiger charge is 2.04. The van der Waals surface area contributed by atoms with Gasteiger partial charge < -0.3 is 9.05 Å². The lowest BCUT2D eigenvalue weighted by Crippen LogP contribution is -1.90. The van der Waals surface area contributed by atoms with Gasteiger partial charge in [0.05, 0.1) is 0 Å². The van der Waals surface area contributed by atoms with Crippen LogP contribution in [0.1, 0.15) is 25.0 Å². The van der Waals surface area contributed by atoms with E-state index in [4.69, 9.17) is 9.05 Å². The second-order valence-corrected chi connectivity index (χ2v) is 5.36. The lowest BCUT2D eigenvalue weighted by atomic mass is 10.2. The topological polar surface area (TPSA) is 35.5 Å². The van der Waals surface area contributed by atoms with Gasteiger partial charge in [-0.25, -0.2) is 4.57 Å². The molecule has 2 aromatic carbocycles. The second-order valence-electron chi connectivity index (χ2n) is 4.45. The van der Waals surface area contributed by atoms with Crippen molar-refractivity contribution in [2.75, 3.05) is 0 Å². The monoisotopic (exact) mass is 290 g/mol. The predicted octanol–water partition coefficient (Wildman–Crippen LogP) is 4.66. The van der Waals surface area contributed by atoms with Gasteiger partial charge in [0, 0.05) is 0 Å². The maximum Gasteiger partial charge on any atom is 0.418 e. The molecule has 0 N–H and O–H groups in total. The molecule has 0 spiro atoms. The van der Waals surface area contributed by atoms with Crippen LogP contribution in [-0.2, 0) is 17.4 Å². The van der Waals surface area contributed by atoms with Gasteiger partial charge in [0.25, 0.3) is 0 Å². The summed E-state index contributed by atoms with van der Waals surface area (Å²) in [6.45, 7) is 4.17. The van der Waals surface area contributed by atoms with E-state index in [1.54, 1.807) is 0 Å². The Morgan fingerprint density at radius 1 is 0.750 bits per heavy atom. The fourth-order valence-corrected chi connectivity index (χ4v) is 2.50. The molecular weight excluding hydrogens is 271 g/mol. The summed E-state index contributed by atoms with van der Waals surface area (Å²) in [5, 5.41) is 0. The lowest BCUT2D eigenvalue weighted by molar-refractivity contribution is 0.415. The molecule has 4 heteroatoms. The summed E-state index contributed by atoms with van der Waals surface area (Å²) in [6, 6.07) is 15.1. The molecule has 0 heterocycles. The molecule has 2 aromatic rings. The number of rotatable bonds is 6. The van der Waals surface area contributed by atoms with Crippen LogP contribution in [0.15, 0.2) is 48.5 Å². The highest BCUT2D eigenvalue weighted by molar-refractivity contribution is 7.34. The number of aryl methyl sites for hydroxylation is 2. The highest BCUT2D eigenvalue weighted by atomic mass is 31.1. The van der Waals surface area contributed by atoms with Gasteiger partial charge in [0.15, 0.2) is 0 Å². The molecule has 106 valence electrons. The standard InChI is InChI=1S/C16H19O3P/c1-3-13-5-9-15(10-6-13)18-20(17)19-16-11-7-14(4-2)8-12-16/h5-12,20H,3-4H2,1-2H3. The molecule has 0 saturated carbocycles. The summed E-state index contributed by atoms with van der Waals surface area (Å²) in [5.74, 6) is 1.13. The second kappa shape index (κ2) is 7.16. The molecule has 2 rings (SSSR count). The Morgan fingerprint density at radius 3 is 1.40 bits per heavy atom. The molecule has 0 saturated heterocycles. The average molecular weight is 290 g/mol. The highest BCUT2D eigenvalue weighted by Crippen LogP contribution is 2.30. The minimum Gasteiger partial charge on any atom is -0.418 e. The van der Waals surface area contributed by atoms with Crippen LogP contribution in [0.5, 0.6) is 11.5 Å². The third-order valence-electron chi connectivity index (χ3n) is 3.07. The normalized spacial score (nSPS) is 10.6. The Bertz CT molecular complexity index is 510.